The second-order valence-electron chi connectivity index (χ2n) is 6.65. The topological polar surface area (TPSA) is 55.8 Å². The molecule has 0 atom stereocenters. The molecule has 1 aliphatic heterocycles. The molecule has 1 aromatic rings. The van der Waals surface area contributed by atoms with Crippen LogP contribution in [0.5, 0.6) is 5.75 Å². The highest BCUT2D eigenvalue weighted by atomic mass is 79.9. The van der Waals surface area contributed by atoms with Gasteiger partial charge in [0, 0.05) is 19.5 Å². The van der Waals surface area contributed by atoms with Crippen LogP contribution in [0.1, 0.15) is 48.5 Å². The number of methoxy groups -OCH3 is 1. The molecule has 0 N–H and O–H groups in total. The van der Waals surface area contributed by atoms with Gasteiger partial charge in [0.2, 0.25) is 0 Å². The van der Waals surface area contributed by atoms with Gasteiger partial charge in [-0.1, -0.05) is 0 Å². The Morgan fingerprint density at radius 2 is 1.96 bits per heavy atom. The van der Waals surface area contributed by atoms with Crippen molar-refractivity contribution in [2.45, 2.75) is 45.2 Å². The molecule has 0 aromatic heterocycles. The van der Waals surface area contributed by atoms with Crippen LogP contribution in [0, 0.1) is 5.92 Å². The highest BCUT2D eigenvalue weighted by Crippen LogP contribution is 2.43. The Kier molecular flexibility index (Phi) is 5.73. The fraction of sp³-hybridized carbons (Fsp3) is 0.556. The van der Waals surface area contributed by atoms with E-state index in [-0.39, 0.29) is 17.9 Å². The SMILES string of the molecule is COc1c(Br)cc2c(c1Br)C(=O)N(C1CCC(COC(C)=O)CC1)C2. The lowest BCUT2D eigenvalue weighted by molar-refractivity contribution is -0.142. The number of hydrogen-bond acceptors (Lipinski definition) is 4. The molecule has 2 aliphatic rings. The van der Waals surface area contributed by atoms with E-state index in [9.17, 15) is 9.59 Å². The summed E-state index contributed by atoms with van der Waals surface area (Å²) in [6.45, 7) is 2.57. The maximum Gasteiger partial charge on any atom is 0.302 e. The second kappa shape index (κ2) is 7.66. The number of rotatable bonds is 4. The van der Waals surface area contributed by atoms with Gasteiger partial charge in [0.05, 0.1) is 28.2 Å². The molecular formula is C18H21Br2NO4. The number of carbonyl (C=O) groups is 2. The summed E-state index contributed by atoms with van der Waals surface area (Å²) in [5.41, 5.74) is 1.73. The number of hydrogen-bond donors (Lipinski definition) is 0. The third-order valence-corrected chi connectivity index (χ3v) is 6.40. The lowest BCUT2D eigenvalue weighted by Crippen LogP contribution is -2.38. The normalized spacial score (nSPS) is 22.7. The van der Waals surface area contributed by atoms with E-state index in [4.69, 9.17) is 9.47 Å². The van der Waals surface area contributed by atoms with Crippen molar-refractivity contribution in [1.29, 1.82) is 0 Å². The van der Waals surface area contributed by atoms with E-state index >= 15 is 0 Å². The summed E-state index contributed by atoms with van der Waals surface area (Å²) in [6, 6.07) is 2.22. The predicted octanol–water partition coefficient (Wildman–Crippen LogP) is 4.30. The summed E-state index contributed by atoms with van der Waals surface area (Å²) in [5, 5.41) is 0. The van der Waals surface area contributed by atoms with Gasteiger partial charge in [-0.15, -0.1) is 0 Å². The van der Waals surface area contributed by atoms with Gasteiger partial charge >= 0.3 is 5.97 Å². The van der Waals surface area contributed by atoms with Crippen molar-refractivity contribution in [1.82, 2.24) is 4.90 Å². The molecule has 1 aliphatic carbocycles. The molecule has 1 heterocycles. The Morgan fingerprint density at radius 3 is 2.56 bits per heavy atom. The van der Waals surface area contributed by atoms with Crippen LogP contribution in [0.4, 0.5) is 0 Å². The van der Waals surface area contributed by atoms with Crippen molar-refractivity contribution in [3.63, 3.8) is 0 Å². The predicted molar refractivity (Wildman–Crippen MR) is 101 cm³/mol. The third-order valence-electron chi connectivity index (χ3n) is 5.06. The van der Waals surface area contributed by atoms with Crippen LogP contribution in [0.2, 0.25) is 0 Å². The maximum absolute atomic E-state index is 12.9. The van der Waals surface area contributed by atoms with Gasteiger partial charge in [-0.05, 0) is 75.1 Å². The van der Waals surface area contributed by atoms with Gasteiger partial charge in [-0.3, -0.25) is 9.59 Å². The van der Waals surface area contributed by atoms with E-state index in [2.05, 4.69) is 31.9 Å². The monoisotopic (exact) mass is 473 g/mol. The number of amides is 1. The Labute approximate surface area is 164 Å². The van der Waals surface area contributed by atoms with E-state index in [0.717, 1.165) is 40.2 Å². The maximum atomic E-state index is 12.9. The molecule has 0 radical (unpaired) electrons. The molecule has 3 rings (SSSR count). The first-order valence-corrected chi connectivity index (χ1v) is 10.00. The van der Waals surface area contributed by atoms with Gasteiger partial charge in [0.15, 0.2) is 0 Å². The Hall–Kier alpha value is -1.08. The van der Waals surface area contributed by atoms with E-state index in [1.54, 1.807) is 7.11 Å². The zero-order valence-electron chi connectivity index (χ0n) is 14.3. The van der Waals surface area contributed by atoms with Crippen LogP contribution in [0.3, 0.4) is 0 Å². The molecule has 25 heavy (non-hydrogen) atoms. The minimum Gasteiger partial charge on any atom is -0.494 e. The Balaban J connectivity index is 1.69. The van der Waals surface area contributed by atoms with Crippen molar-refractivity contribution in [2.75, 3.05) is 13.7 Å². The number of esters is 1. The molecule has 0 bridgehead atoms. The number of halogens is 2. The van der Waals surface area contributed by atoms with Crippen molar-refractivity contribution in [3.8, 4) is 5.75 Å². The molecule has 0 unspecified atom stereocenters. The first-order valence-electron chi connectivity index (χ1n) is 8.41. The van der Waals surface area contributed by atoms with E-state index in [1.165, 1.54) is 6.92 Å². The van der Waals surface area contributed by atoms with Crippen LogP contribution >= 0.6 is 31.9 Å². The molecule has 1 saturated carbocycles. The van der Waals surface area contributed by atoms with Crippen molar-refractivity contribution in [2.24, 2.45) is 5.92 Å². The van der Waals surface area contributed by atoms with Crippen LogP contribution in [-0.4, -0.2) is 36.5 Å². The summed E-state index contributed by atoms with van der Waals surface area (Å²) < 4.78 is 12.1. The fourth-order valence-electron chi connectivity index (χ4n) is 3.75. The number of ether oxygens (including phenoxy) is 2. The van der Waals surface area contributed by atoms with Gasteiger partial charge in [0.25, 0.3) is 5.91 Å². The first kappa shape index (κ1) is 18.7. The quantitative estimate of drug-likeness (QED) is 0.610. The summed E-state index contributed by atoms with van der Waals surface area (Å²) in [7, 11) is 1.60. The van der Waals surface area contributed by atoms with Crippen LogP contribution < -0.4 is 4.74 Å². The molecule has 1 fully saturated rings. The third kappa shape index (κ3) is 3.72. The zero-order valence-corrected chi connectivity index (χ0v) is 17.5. The Morgan fingerprint density at radius 1 is 1.28 bits per heavy atom. The lowest BCUT2D eigenvalue weighted by atomic mass is 9.86. The van der Waals surface area contributed by atoms with Crippen molar-refractivity contribution in [3.05, 3.63) is 26.1 Å². The van der Waals surface area contributed by atoms with E-state index < -0.39 is 0 Å². The average Bonchev–Trinajstić information content (AvgIpc) is 2.90. The number of fused-ring (bicyclic) bond motifs is 1. The molecule has 1 aromatic carbocycles. The second-order valence-corrected chi connectivity index (χ2v) is 8.30. The molecule has 5 nitrogen and oxygen atoms in total. The highest BCUT2D eigenvalue weighted by Gasteiger charge is 2.37. The smallest absolute Gasteiger partial charge is 0.302 e. The Bertz CT molecular complexity index is 699. The number of nitrogens with zero attached hydrogens (tertiary/aromatic N) is 1. The standard InChI is InChI=1S/C18H21Br2NO4/c1-10(22)25-9-11-3-5-13(6-4-11)21-8-12-7-14(19)17(24-2)16(20)15(12)18(21)23/h7,11,13H,3-6,8-9H2,1-2H3. The number of benzene rings is 1. The van der Waals surface area contributed by atoms with Gasteiger partial charge in [-0.25, -0.2) is 0 Å². The molecule has 7 heteroatoms. The first-order chi connectivity index (χ1) is 11.9. The summed E-state index contributed by atoms with van der Waals surface area (Å²) in [6.07, 6.45) is 3.85. The minimum absolute atomic E-state index is 0.0658. The average molecular weight is 475 g/mol. The molecular weight excluding hydrogens is 454 g/mol. The van der Waals surface area contributed by atoms with Crippen LogP contribution in [0.25, 0.3) is 0 Å². The van der Waals surface area contributed by atoms with Crippen molar-refractivity contribution >= 4 is 43.7 Å². The lowest BCUT2D eigenvalue weighted by Gasteiger charge is -2.34. The van der Waals surface area contributed by atoms with Crippen molar-refractivity contribution < 1.29 is 19.1 Å². The molecule has 136 valence electrons. The highest BCUT2D eigenvalue weighted by molar-refractivity contribution is 9.11. The van der Waals surface area contributed by atoms with Gasteiger partial charge in [-0.2, -0.15) is 0 Å². The summed E-state index contributed by atoms with van der Waals surface area (Å²) in [4.78, 5) is 25.9. The van der Waals surface area contributed by atoms with E-state index in [0.29, 0.717) is 30.4 Å². The number of carbonyl (C=O) groups excluding carboxylic acids is 2. The molecule has 1 amide bonds. The van der Waals surface area contributed by atoms with E-state index in [1.807, 2.05) is 11.0 Å². The minimum atomic E-state index is -0.225. The zero-order chi connectivity index (χ0) is 18.1. The van der Waals surface area contributed by atoms with Crippen LogP contribution in [-0.2, 0) is 16.1 Å². The fourth-order valence-corrected chi connectivity index (χ4v) is 5.45. The summed E-state index contributed by atoms with van der Waals surface area (Å²) >= 11 is 7.04. The summed E-state index contributed by atoms with van der Waals surface area (Å²) in [5.74, 6) is 0.896. The largest absolute Gasteiger partial charge is 0.494 e. The van der Waals surface area contributed by atoms with Crippen LogP contribution in [0.15, 0.2) is 15.0 Å². The molecule has 0 saturated heterocycles. The molecule has 0 spiro atoms. The van der Waals surface area contributed by atoms with Gasteiger partial charge in [0.1, 0.15) is 5.75 Å². The van der Waals surface area contributed by atoms with Gasteiger partial charge < -0.3 is 14.4 Å².